The quantitative estimate of drug-likeness (QED) is 0.688. The fourth-order valence-electron chi connectivity index (χ4n) is 2.60. The molecule has 1 fully saturated rings. The molecule has 6 heteroatoms. The SMILES string of the molecule is CN(C(=O)C(=O)c1c[nH]c2cc3c(cc12)OCO3)C1CC1. The van der Waals surface area contributed by atoms with Gasteiger partial charge in [0, 0.05) is 30.7 Å². The van der Waals surface area contributed by atoms with Crippen LogP contribution >= 0.6 is 0 Å². The molecule has 0 unspecified atom stereocenters. The Balaban J connectivity index is 1.72. The summed E-state index contributed by atoms with van der Waals surface area (Å²) in [5, 5.41) is 0.682. The summed E-state index contributed by atoms with van der Waals surface area (Å²) in [6, 6.07) is 3.74. The number of aromatic nitrogens is 1. The highest BCUT2D eigenvalue weighted by molar-refractivity contribution is 6.44. The summed E-state index contributed by atoms with van der Waals surface area (Å²) in [5.41, 5.74) is 1.13. The normalized spacial score (nSPS) is 16.2. The average molecular weight is 286 g/mol. The van der Waals surface area contributed by atoms with Crippen LogP contribution in [0, 0.1) is 0 Å². The maximum absolute atomic E-state index is 12.4. The molecule has 4 rings (SSSR count). The summed E-state index contributed by atoms with van der Waals surface area (Å²) < 4.78 is 10.6. The number of hydrogen-bond acceptors (Lipinski definition) is 4. The van der Waals surface area contributed by atoms with Gasteiger partial charge in [0.2, 0.25) is 6.79 Å². The van der Waals surface area contributed by atoms with Crippen LogP contribution in [0.4, 0.5) is 0 Å². The summed E-state index contributed by atoms with van der Waals surface area (Å²) in [4.78, 5) is 29.2. The van der Waals surface area contributed by atoms with Crippen molar-refractivity contribution in [2.24, 2.45) is 0 Å². The van der Waals surface area contributed by atoms with Gasteiger partial charge in [-0.3, -0.25) is 9.59 Å². The van der Waals surface area contributed by atoms with Crippen LogP contribution in [-0.4, -0.2) is 41.5 Å². The van der Waals surface area contributed by atoms with Gasteiger partial charge in [-0.15, -0.1) is 0 Å². The van der Waals surface area contributed by atoms with Crippen LogP contribution < -0.4 is 9.47 Å². The first kappa shape index (κ1) is 12.3. The number of ether oxygens (including phenoxy) is 2. The lowest BCUT2D eigenvalue weighted by atomic mass is 10.1. The van der Waals surface area contributed by atoms with Crippen molar-refractivity contribution < 1.29 is 19.1 Å². The average Bonchev–Trinajstić information content (AvgIpc) is 3.11. The Morgan fingerprint density at radius 3 is 2.67 bits per heavy atom. The number of H-pyrrole nitrogens is 1. The number of fused-ring (bicyclic) bond motifs is 2. The monoisotopic (exact) mass is 286 g/mol. The Bertz CT molecular complexity index is 760. The lowest BCUT2D eigenvalue weighted by Gasteiger charge is -2.14. The van der Waals surface area contributed by atoms with E-state index in [-0.39, 0.29) is 12.8 Å². The largest absolute Gasteiger partial charge is 0.454 e. The Hall–Kier alpha value is -2.50. The molecule has 1 N–H and O–H groups in total. The van der Waals surface area contributed by atoms with E-state index in [1.165, 1.54) is 4.90 Å². The van der Waals surface area contributed by atoms with E-state index in [1.54, 1.807) is 25.4 Å². The molecule has 0 atom stereocenters. The summed E-state index contributed by atoms with van der Waals surface area (Å²) in [7, 11) is 1.68. The molecule has 0 saturated heterocycles. The smallest absolute Gasteiger partial charge is 0.295 e. The number of likely N-dealkylation sites (N-methyl/N-ethyl adjacent to an activating group) is 1. The van der Waals surface area contributed by atoms with Crippen molar-refractivity contribution in [3.05, 3.63) is 23.9 Å². The van der Waals surface area contributed by atoms with Gasteiger partial charge in [-0.25, -0.2) is 0 Å². The highest BCUT2D eigenvalue weighted by Crippen LogP contribution is 2.37. The Morgan fingerprint density at radius 1 is 1.24 bits per heavy atom. The Kier molecular flexibility index (Phi) is 2.48. The van der Waals surface area contributed by atoms with E-state index in [2.05, 4.69) is 4.98 Å². The number of aromatic amines is 1. The first-order chi connectivity index (χ1) is 10.1. The number of ketones is 1. The lowest BCUT2D eigenvalue weighted by Crippen LogP contribution is -2.34. The highest BCUT2D eigenvalue weighted by atomic mass is 16.7. The van der Waals surface area contributed by atoms with Crippen LogP contribution in [0.25, 0.3) is 10.9 Å². The molecule has 1 aromatic carbocycles. The topological polar surface area (TPSA) is 71.6 Å². The molecule has 21 heavy (non-hydrogen) atoms. The third-order valence-corrected chi connectivity index (χ3v) is 4.03. The second-order valence-corrected chi connectivity index (χ2v) is 5.43. The number of nitrogens with one attached hydrogen (secondary N) is 1. The summed E-state index contributed by atoms with van der Waals surface area (Å²) in [6.45, 7) is 0.175. The maximum atomic E-state index is 12.4. The van der Waals surface area contributed by atoms with Gasteiger partial charge in [-0.1, -0.05) is 0 Å². The number of carbonyl (C=O) groups excluding carboxylic acids is 2. The van der Waals surface area contributed by atoms with Crippen LogP contribution in [0.15, 0.2) is 18.3 Å². The zero-order valence-electron chi connectivity index (χ0n) is 11.5. The number of benzene rings is 1. The lowest BCUT2D eigenvalue weighted by molar-refractivity contribution is -0.125. The third-order valence-electron chi connectivity index (χ3n) is 4.03. The van der Waals surface area contributed by atoms with Crippen molar-refractivity contribution in [1.29, 1.82) is 0 Å². The van der Waals surface area contributed by atoms with Gasteiger partial charge in [0.15, 0.2) is 11.5 Å². The molecule has 108 valence electrons. The molecule has 1 aliphatic heterocycles. The minimum Gasteiger partial charge on any atom is -0.454 e. The highest BCUT2D eigenvalue weighted by Gasteiger charge is 2.34. The van der Waals surface area contributed by atoms with Gasteiger partial charge in [0.1, 0.15) is 0 Å². The predicted octanol–water partition coefficient (Wildman–Crippen LogP) is 1.70. The van der Waals surface area contributed by atoms with E-state index < -0.39 is 11.7 Å². The number of Topliss-reactive ketones (excluding diaryl/α,β-unsaturated/α-hetero) is 1. The minimum atomic E-state index is -0.491. The van der Waals surface area contributed by atoms with Crippen LogP contribution in [0.2, 0.25) is 0 Å². The zero-order valence-corrected chi connectivity index (χ0v) is 11.5. The van der Waals surface area contributed by atoms with Crippen molar-refractivity contribution in [2.75, 3.05) is 13.8 Å². The molecule has 1 aliphatic carbocycles. The van der Waals surface area contributed by atoms with Gasteiger partial charge in [0.05, 0.1) is 11.1 Å². The van der Waals surface area contributed by atoms with Crippen LogP contribution in [0.5, 0.6) is 11.5 Å². The molecule has 1 amide bonds. The molecule has 2 aliphatic rings. The number of hydrogen-bond donors (Lipinski definition) is 1. The Morgan fingerprint density at radius 2 is 1.95 bits per heavy atom. The molecular weight excluding hydrogens is 272 g/mol. The van der Waals surface area contributed by atoms with E-state index in [4.69, 9.17) is 9.47 Å². The van der Waals surface area contributed by atoms with Gasteiger partial charge in [-0.05, 0) is 18.9 Å². The zero-order chi connectivity index (χ0) is 14.6. The standard InChI is InChI=1S/C15H14N2O4/c1-17(8-2-3-8)15(19)14(18)10-6-16-11-5-13-12(4-9(10)11)20-7-21-13/h4-6,8,16H,2-3,7H2,1H3. The minimum absolute atomic E-state index is 0.175. The van der Waals surface area contributed by atoms with Crippen LogP contribution in [0.3, 0.4) is 0 Å². The molecule has 0 radical (unpaired) electrons. The number of amides is 1. The van der Waals surface area contributed by atoms with Gasteiger partial charge in [-0.2, -0.15) is 0 Å². The van der Waals surface area contributed by atoms with E-state index in [0.717, 1.165) is 18.4 Å². The number of nitrogens with zero attached hydrogens (tertiary/aromatic N) is 1. The van der Waals surface area contributed by atoms with Crippen molar-refractivity contribution in [3.8, 4) is 11.5 Å². The van der Waals surface area contributed by atoms with E-state index in [9.17, 15) is 9.59 Å². The molecular formula is C15H14N2O4. The number of rotatable bonds is 3. The third kappa shape index (κ3) is 1.86. The molecule has 2 aromatic rings. The van der Waals surface area contributed by atoms with Gasteiger partial charge in [0.25, 0.3) is 11.7 Å². The summed E-state index contributed by atoms with van der Waals surface area (Å²) in [5.74, 6) is 0.287. The summed E-state index contributed by atoms with van der Waals surface area (Å²) in [6.07, 6.45) is 3.52. The van der Waals surface area contributed by atoms with E-state index in [1.807, 2.05) is 0 Å². The molecule has 0 spiro atoms. The first-order valence-electron chi connectivity index (χ1n) is 6.87. The first-order valence-corrected chi connectivity index (χ1v) is 6.87. The van der Waals surface area contributed by atoms with E-state index in [0.29, 0.717) is 22.4 Å². The van der Waals surface area contributed by atoms with Crippen molar-refractivity contribution in [1.82, 2.24) is 9.88 Å². The molecule has 0 bridgehead atoms. The number of carbonyl (C=O) groups is 2. The fraction of sp³-hybridized carbons (Fsp3) is 0.333. The van der Waals surface area contributed by atoms with Crippen molar-refractivity contribution >= 4 is 22.6 Å². The Labute approximate surface area is 120 Å². The molecule has 6 nitrogen and oxygen atoms in total. The van der Waals surface area contributed by atoms with Crippen LogP contribution in [0.1, 0.15) is 23.2 Å². The molecule has 1 saturated carbocycles. The second-order valence-electron chi connectivity index (χ2n) is 5.43. The second kappa shape index (κ2) is 4.25. The van der Waals surface area contributed by atoms with Gasteiger partial charge >= 0.3 is 0 Å². The molecule has 2 heterocycles. The predicted molar refractivity (Wildman–Crippen MR) is 74.5 cm³/mol. The van der Waals surface area contributed by atoms with Crippen molar-refractivity contribution in [3.63, 3.8) is 0 Å². The fourth-order valence-corrected chi connectivity index (χ4v) is 2.60. The molecule has 1 aromatic heterocycles. The van der Waals surface area contributed by atoms with Crippen LogP contribution in [-0.2, 0) is 4.79 Å². The van der Waals surface area contributed by atoms with E-state index >= 15 is 0 Å². The van der Waals surface area contributed by atoms with Gasteiger partial charge < -0.3 is 19.4 Å². The maximum Gasteiger partial charge on any atom is 0.295 e. The van der Waals surface area contributed by atoms with Crippen molar-refractivity contribution in [2.45, 2.75) is 18.9 Å². The summed E-state index contributed by atoms with van der Waals surface area (Å²) >= 11 is 0.